The van der Waals surface area contributed by atoms with Crippen LogP contribution in [0.4, 0.5) is 5.69 Å². The van der Waals surface area contributed by atoms with Crippen LogP contribution in [-0.2, 0) is 4.79 Å². The molecule has 0 saturated carbocycles. The topological polar surface area (TPSA) is 44.8 Å². The minimum Gasteiger partial charge on any atom is -0.496 e. The molecule has 5 heteroatoms. The van der Waals surface area contributed by atoms with Gasteiger partial charge in [-0.05, 0) is 50.2 Å². The van der Waals surface area contributed by atoms with E-state index in [-0.39, 0.29) is 5.91 Å². The van der Waals surface area contributed by atoms with Crippen molar-refractivity contribution < 1.29 is 9.53 Å². The number of amides is 1. The van der Waals surface area contributed by atoms with Gasteiger partial charge in [-0.1, -0.05) is 30.3 Å². The Morgan fingerprint density at radius 3 is 2.43 bits per heavy atom. The Morgan fingerprint density at radius 2 is 1.71 bits per heavy atom. The van der Waals surface area contributed by atoms with E-state index in [9.17, 15) is 4.79 Å². The quantitative estimate of drug-likeness (QED) is 0.708. The van der Waals surface area contributed by atoms with Crippen molar-refractivity contribution >= 4 is 11.6 Å². The predicted molar refractivity (Wildman–Crippen MR) is 115 cm³/mol. The number of benzene rings is 2. The van der Waals surface area contributed by atoms with Gasteiger partial charge in [0.1, 0.15) is 5.75 Å². The molecule has 5 nitrogen and oxygen atoms in total. The van der Waals surface area contributed by atoms with Crippen molar-refractivity contribution in [1.82, 2.24) is 9.80 Å². The van der Waals surface area contributed by atoms with Crippen LogP contribution < -0.4 is 10.1 Å². The Balaban J connectivity index is 1.42. The van der Waals surface area contributed by atoms with Gasteiger partial charge in [-0.2, -0.15) is 0 Å². The van der Waals surface area contributed by atoms with Crippen LogP contribution in [0.5, 0.6) is 5.75 Å². The zero-order valence-corrected chi connectivity index (χ0v) is 17.0. The fourth-order valence-electron chi connectivity index (χ4n) is 3.53. The lowest BCUT2D eigenvalue weighted by Crippen LogP contribution is -2.44. The van der Waals surface area contributed by atoms with E-state index in [0.29, 0.717) is 6.42 Å². The van der Waals surface area contributed by atoms with Crippen LogP contribution in [0.15, 0.2) is 48.5 Å². The number of hydrogen-bond acceptors (Lipinski definition) is 4. The smallest absolute Gasteiger partial charge is 0.224 e. The minimum atomic E-state index is 0.0865. The van der Waals surface area contributed by atoms with Crippen LogP contribution in [0.3, 0.4) is 0 Å². The average Bonchev–Trinajstić information content (AvgIpc) is 2.73. The third kappa shape index (κ3) is 5.81. The Kier molecular flexibility index (Phi) is 7.46. The molecule has 0 aliphatic carbocycles. The van der Waals surface area contributed by atoms with Gasteiger partial charge in [-0.15, -0.1) is 0 Å². The summed E-state index contributed by atoms with van der Waals surface area (Å²) in [5.74, 6) is 0.933. The van der Waals surface area contributed by atoms with Crippen molar-refractivity contribution in [3.8, 4) is 16.9 Å². The van der Waals surface area contributed by atoms with Gasteiger partial charge >= 0.3 is 0 Å². The van der Waals surface area contributed by atoms with Crippen molar-refractivity contribution in [2.75, 3.05) is 52.2 Å². The molecule has 0 atom stereocenters. The van der Waals surface area contributed by atoms with Crippen molar-refractivity contribution in [3.05, 3.63) is 48.5 Å². The highest BCUT2D eigenvalue weighted by molar-refractivity contribution is 5.91. The molecule has 2 aromatic rings. The molecule has 0 aromatic heterocycles. The fraction of sp³-hybridized carbons (Fsp3) is 0.435. The second-order valence-electron chi connectivity index (χ2n) is 7.43. The first-order chi connectivity index (χ1) is 13.7. The first kappa shape index (κ1) is 20.4. The number of unbranched alkanes of at least 4 members (excludes halogenated alkanes) is 1. The van der Waals surface area contributed by atoms with E-state index >= 15 is 0 Å². The van der Waals surface area contributed by atoms with Crippen LogP contribution in [0.1, 0.15) is 19.3 Å². The molecule has 1 aliphatic rings. The van der Waals surface area contributed by atoms with Crippen molar-refractivity contribution in [3.63, 3.8) is 0 Å². The molecule has 0 radical (unpaired) electrons. The Morgan fingerprint density at radius 1 is 1.00 bits per heavy atom. The Hall–Kier alpha value is -2.37. The summed E-state index contributed by atoms with van der Waals surface area (Å²) < 4.78 is 5.42. The van der Waals surface area contributed by atoms with Crippen LogP contribution >= 0.6 is 0 Å². The van der Waals surface area contributed by atoms with Crippen LogP contribution in [0.2, 0.25) is 0 Å². The number of ether oxygens (including phenoxy) is 1. The number of rotatable bonds is 8. The van der Waals surface area contributed by atoms with E-state index in [0.717, 1.165) is 68.1 Å². The van der Waals surface area contributed by atoms with Gasteiger partial charge in [0.05, 0.1) is 7.11 Å². The number of para-hydroxylation sites is 1. The number of hydrogen-bond donors (Lipinski definition) is 1. The summed E-state index contributed by atoms with van der Waals surface area (Å²) in [5, 5.41) is 3.00. The highest BCUT2D eigenvalue weighted by Crippen LogP contribution is 2.30. The normalized spacial score (nSPS) is 15.4. The number of nitrogens with zero attached hydrogens (tertiary/aromatic N) is 2. The van der Waals surface area contributed by atoms with Gasteiger partial charge in [-0.3, -0.25) is 4.79 Å². The molecule has 0 unspecified atom stereocenters. The number of piperazine rings is 1. The van der Waals surface area contributed by atoms with Gasteiger partial charge in [-0.25, -0.2) is 0 Å². The number of carbonyl (C=O) groups is 1. The van der Waals surface area contributed by atoms with E-state index in [1.54, 1.807) is 7.11 Å². The number of methoxy groups -OCH3 is 1. The molecular formula is C23H31N3O2. The summed E-state index contributed by atoms with van der Waals surface area (Å²) in [6.07, 6.45) is 2.57. The molecule has 0 bridgehead atoms. The van der Waals surface area contributed by atoms with Gasteiger partial charge in [0.25, 0.3) is 0 Å². The molecule has 150 valence electrons. The molecule has 1 aliphatic heterocycles. The first-order valence-electron chi connectivity index (χ1n) is 10.1. The lowest BCUT2D eigenvalue weighted by molar-refractivity contribution is -0.116. The highest BCUT2D eigenvalue weighted by atomic mass is 16.5. The van der Waals surface area contributed by atoms with Gasteiger partial charge in [0.15, 0.2) is 0 Å². The summed E-state index contributed by atoms with van der Waals surface area (Å²) >= 11 is 0. The van der Waals surface area contributed by atoms with E-state index in [2.05, 4.69) is 22.2 Å². The first-order valence-corrected chi connectivity index (χ1v) is 10.1. The maximum Gasteiger partial charge on any atom is 0.224 e. The summed E-state index contributed by atoms with van der Waals surface area (Å²) in [6, 6.07) is 15.9. The SMILES string of the molecule is COc1ccccc1-c1ccc(NC(=O)CCCCN2CCN(C)CC2)cc1. The summed E-state index contributed by atoms with van der Waals surface area (Å²) in [7, 11) is 3.85. The van der Waals surface area contributed by atoms with Crippen LogP contribution in [0, 0.1) is 0 Å². The molecule has 2 aromatic carbocycles. The Bertz CT molecular complexity index is 753. The zero-order valence-electron chi connectivity index (χ0n) is 17.0. The number of nitrogens with one attached hydrogen (secondary N) is 1. The van der Waals surface area contributed by atoms with Crippen molar-refractivity contribution in [1.29, 1.82) is 0 Å². The standard InChI is InChI=1S/C23H31N3O2/c1-25-15-17-26(18-16-25)14-6-5-9-23(27)24-20-12-10-19(11-13-20)21-7-3-4-8-22(21)28-2/h3-4,7-8,10-13H,5-6,9,14-18H2,1-2H3,(H,24,27). The molecule has 28 heavy (non-hydrogen) atoms. The summed E-state index contributed by atoms with van der Waals surface area (Å²) in [6.45, 7) is 5.66. The van der Waals surface area contributed by atoms with Crippen molar-refractivity contribution in [2.45, 2.75) is 19.3 Å². The largest absolute Gasteiger partial charge is 0.496 e. The third-order valence-electron chi connectivity index (χ3n) is 5.31. The van der Waals surface area contributed by atoms with Gasteiger partial charge in [0.2, 0.25) is 5.91 Å². The number of anilines is 1. The number of likely N-dealkylation sites (N-methyl/N-ethyl adjacent to an activating group) is 1. The second-order valence-corrected chi connectivity index (χ2v) is 7.43. The van der Waals surface area contributed by atoms with Crippen molar-refractivity contribution in [2.24, 2.45) is 0 Å². The molecule has 1 N–H and O–H groups in total. The zero-order chi connectivity index (χ0) is 19.8. The Labute approximate surface area is 168 Å². The van der Waals surface area contributed by atoms with E-state index in [4.69, 9.17) is 4.74 Å². The van der Waals surface area contributed by atoms with E-state index in [1.165, 1.54) is 0 Å². The minimum absolute atomic E-state index is 0.0865. The molecule has 1 saturated heterocycles. The van der Waals surface area contributed by atoms with Crippen LogP contribution in [-0.4, -0.2) is 62.6 Å². The van der Waals surface area contributed by atoms with E-state index in [1.807, 2.05) is 48.5 Å². The van der Waals surface area contributed by atoms with Crippen LogP contribution in [0.25, 0.3) is 11.1 Å². The maximum absolute atomic E-state index is 12.2. The third-order valence-corrected chi connectivity index (χ3v) is 5.31. The molecule has 1 heterocycles. The average molecular weight is 382 g/mol. The summed E-state index contributed by atoms with van der Waals surface area (Å²) in [4.78, 5) is 17.1. The van der Waals surface area contributed by atoms with Gasteiger partial charge in [0, 0.05) is 43.9 Å². The summed E-state index contributed by atoms with van der Waals surface area (Å²) in [5.41, 5.74) is 2.96. The molecule has 0 spiro atoms. The number of carbonyl (C=O) groups excluding carboxylic acids is 1. The molecule has 3 rings (SSSR count). The second kappa shape index (κ2) is 10.2. The molecule has 1 fully saturated rings. The lowest BCUT2D eigenvalue weighted by atomic mass is 10.0. The monoisotopic (exact) mass is 381 g/mol. The molecule has 1 amide bonds. The fourth-order valence-corrected chi connectivity index (χ4v) is 3.53. The highest BCUT2D eigenvalue weighted by Gasteiger charge is 2.13. The van der Waals surface area contributed by atoms with Gasteiger partial charge < -0.3 is 19.9 Å². The molecular weight excluding hydrogens is 350 g/mol. The maximum atomic E-state index is 12.2. The lowest BCUT2D eigenvalue weighted by Gasteiger charge is -2.32. The predicted octanol–water partition coefficient (Wildman–Crippen LogP) is 3.72. The van der Waals surface area contributed by atoms with E-state index < -0.39 is 0 Å².